The van der Waals surface area contributed by atoms with Gasteiger partial charge in [0.05, 0.1) is 23.0 Å². The van der Waals surface area contributed by atoms with E-state index in [1.807, 2.05) is 36.9 Å². The van der Waals surface area contributed by atoms with Crippen LogP contribution in [0.25, 0.3) is 5.52 Å². The summed E-state index contributed by atoms with van der Waals surface area (Å²) < 4.78 is 3.75. The summed E-state index contributed by atoms with van der Waals surface area (Å²) in [4.78, 5) is 12.4. The number of aromatic nitrogens is 4. The predicted molar refractivity (Wildman–Crippen MR) is 93.3 cm³/mol. The number of carbonyl (C=O) groups excluding carboxylic acids is 1. The summed E-state index contributed by atoms with van der Waals surface area (Å²) in [7, 11) is 0. The van der Waals surface area contributed by atoms with Crippen molar-refractivity contribution in [2.45, 2.75) is 40.7 Å². The molecule has 6 nitrogen and oxygen atoms in total. The van der Waals surface area contributed by atoms with Crippen LogP contribution in [0.15, 0.2) is 24.5 Å². The van der Waals surface area contributed by atoms with Crippen molar-refractivity contribution in [3.8, 4) is 0 Å². The minimum atomic E-state index is -0.0848. The summed E-state index contributed by atoms with van der Waals surface area (Å²) in [6, 6.07) is 3.91. The largest absolute Gasteiger partial charge is 0.352 e. The highest BCUT2D eigenvalue weighted by Crippen LogP contribution is 2.12. The topological polar surface area (TPSA) is 64.2 Å². The first-order valence-corrected chi connectivity index (χ1v) is 8.20. The highest BCUT2D eigenvalue weighted by atomic mass is 16.1. The molecule has 0 atom stereocenters. The van der Waals surface area contributed by atoms with Gasteiger partial charge in [0.2, 0.25) is 0 Å². The van der Waals surface area contributed by atoms with Crippen molar-refractivity contribution >= 4 is 11.4 Å². The summed E-state index contributed by atoms with van der Waals surface area (Å²) in [6.45, 7) is 9.60. The Kier molecular flexibility index (Phi) is 4.38. The van der Waals surface area contributed by atoms with Gasteiger partial charge in [-0.15, -0.1) is 0 Å². The fourth-order valence-electron chi connectivity index (χ4n) is 2.79. The van der Waals surface area contributed by atoms with Crippen molar-refractivity contribution in [2.75, 3.05) is 6.54 Å². The van der Waals surface area contributed by atoms with Gasteiger partial charge in [-0.05, 0) is 51.3 Å². The first kappa shape index (κ1) is 16.2. The molecule has 0 bridgehead atoms. The van der Waals surface area contributed by atoms with Gasteiger partial charge in [-0.25, -0.2) is 4.52 Å². The van der Waals surface area contributed by atoms with Crippen LogP contribution in [0.1, 0.15) is 39.3 Å². The smallest absolute Gasteiger partial charge is 0.255 e. The third-order valence-electron chi connectivity index (χ3n) is 4.48. The Labute approximate surface area is 141 Å². The van der Waals surface area contributed by atoms with Crippen molar-refractivity contribution in [3.05, 3.63) is 52.6 Å². The SMILES string of the molecule is Cc1ccc2c(C(=O)NCCCn3nc(C)c(C)c3C)cnn2c1. The molecule has 3 aromatic heterocycles. The highest BCUT2D eigenvalue weighted by Gasteiger charge is 2.12. The normalized spacial score (nSPS) is 11.2. The van der Waals surface area contributed by atoms with Crippen molar-refractivity contribution in [2.24, 2.45) is 0 Å². The Bertz CT molecular complexity index is 890. The van der Waals surface area contributed by atoms with Gasteiger partial charge < -0.3 is 5.32 Å². The van der Waals surface area contributed by atoms with E-state index in [0.29, 0.717) is 12.1 Å². The number of rotatable bonds is 5. The van der Waals surface area contributed by atoms with E-state index >= 15 is 0 Å². The summed E-state index contributed by atoms with van der Waals surface area (Å²) in [5, 5.41) is 11.7. The molecule has 3 aromatic rings. The number of hydrogen-bond acceptors (Lipinski definition) is 3. The predicted octanol–water partition coefficient (Wildman–Crippen LogP) is 2.58. The molecular formula is C18H23N5O. The number of carbonyl (C=O) groups is 1. The molecule has 0 aliphatic carbocycles. The quantitative estimate of drug-likeness (QED) is 0.733. The zero-order valence-electron chi connectivity index (χ0n) is 14.6. The molecule has 1 N–H and O–H groups in total. The molecule has 0 saturated heterocycles. The van der Waals surface area contributed by atoms with E-state index in [-0.39, 0.29) is 5.91 Å². The number of amides is 1. The molecule has 24 heavy (non-hydrogen) atoms. The van der Waals surface area contributed by atoms with E-state index < -0.39 is 0 Å². The lowest BCUT2D eigenvalue weighted by Crippen LogP contribution is -2.25. The third kappa shape index (κ3) is 3.04. The molecule has 0 unspecified atom stereocenters. The molecule has 6 heteroatoms. The van der Waals surface area contributed by atoms with Gasteiger partial charge in [0.15, 0.2) is 0 Å². The Morgan fingerprint density at radius 3 is 2.71 bits per heavy atom. The molecule has 0 aliphatic heterocycles. The maximum absolute atomic E-state index is 12.4. The van der Waals surface area contributed by atoms with E-state index in [2.05, 4.69) is 29.4 Å². The molecule has 0 saturated carbocycles. The second kappa shape index (κ2) is 6.47. The first-order chi connectivity index (χ1) is 11.5. The lowest BCUT2D eigenvalue weighted by atomic mass is 10.2. The Balaban J connectivity index is 1.58. The van der Waals surface area contributed by atoms with Crippen LogP contribution in [0.3, 0.4) is 0 Å². The van der Waals surface area contributed by atoms with E-state index in [9.17, 15) is 4.79 Å². The average molecular weight is 325 g/mol. The van der Waals surface area contributed by atoms with Crippen LogP contribution in [-0.2, 0) is 6.54 Å². The lowest BCUT2D eigenvalue weighted by Gasteiger charge is -2.06. The number of nitrogens with zero attached hydrogens (tertiary/aromatic N) is 4. The Morgan fingerprint density at radius 1 is 1.21 bits per heavy atom. The van der Waals surface area contributed by atoms with E-state index in [1.54, 1.807) is 10.7 Å². The second-order valence-corrected chi connectivity index (χ2v) is 6.22. The molecule has 0 spiro atoms. The summed E-state index contributed by atoms with van der Waals surface area (Å²) in [5.41, 5.74) is 6.04. The van der Waals surface area contributed by atoms with Crippen molar-refractivity contribution in [1.29, 1.82) is 0 Å². The number of fused-ring (bicyclic) bond motifs is 1. The lowest BCUT2D eigenvalue weighted by molar-refractivity contribution is 0.0954. The maximum atomic E-state index is 12.4. The van der Waals surface area contributed by atoms with E-state index in [0.717, 1.165) is 29.7 Å². The Morgan fingerprint density at radius 2 is 2.00 bits per heavy atom. The standard InChI is InChI=1S/C18H23N5O/c1-12-6-7-17-16(10-20-23(17)11-12)18(24)19-8-5-9-22-15(4)13(2)14(3)21-22/h6-7,10-11H,5,8-9H2,1-4H3,(H,19,24). The van der Waals surface area contributed by atoms with Crippen LogP contribution in [0.5, 0.6) is 0 Å². The number of hydrogen-bond donors (Lipinski definition) is 1. The summed E-state index contributed by atoms with van der Waals surface area (Å²) in [6.07, 6.45) is 4.37. The minimum Gasteiger partial charge on any atom is -0.352 e. The number of aryl methyl sites for hydroxylation is 3. The van der Waals surface area contributed by atoms with E-state index in [1.165, 1.54) is 11.3 Å². The molecule has 1 amide bonds. The van der Waals surface area contributed by atoms with Crippen molar-refractivity contribution in [1.82, 2.24) is 24.7 Å². The van der Waals surface area contributed by atoms with Crippen LogP contribution in [0.4, 0.5) is 0 Å². The zero-order valence-corrected chi connectivity index (χ0v) is 14.6. The first-order valence-electron chi connectivity index (χ1n) is 8.20. The summed E-state index contributed by atoms with van der Waals surface area (Å²) in [5.74, 6) is -0.0848. The molecule has 3 rings (SSSR count). The third-order valence-corrected chi connectivity index (χ3v) is 4.48. The van der Waals surface area contributed by atoms with Crippen molar-refractivity contribution in [3.63, 3.8) is 0 Å². The maximum Gasteiger partial charge on any atom is 0.255 e. The molecule has 3 heterocycles. The van der Waals surface area contributed by atoms with Crippen LogP contribution < -0.4 is 5.32 Å². The fraction of sp³-hybridized carbons (Fsp3) is 0.389. The highest BCUT2D eigenvalue weighted by molar-refractivity contribution is 6.00. The average Bonchev–Trinajstić information content (AvgIpc) is 3.08. The fourth-order valence-corrected chi connectivity index (χ4v) is 2.79. The Hall–Kier alpha value is -2.63. The van der Waals surface area contributed by atoms with Crippen molar-refractivity contribution < 1.29 is 4.79 Å². The molecule has 0 fully saturated rings. The van der Waals surface area contributed by atoms with E-state index in [4.69, 9.17) is 0 Å². The molecule has 0 aliphatic rings. The van der Waals surface area contributed by atoms with Crippen LogP contribution in [0, 0.1) is 27.7 Å². The van der Waals surface area contributed by atoms with Gasteiger partial charge in [-0.1, -0.05) is 6.07 Å². The van der Waals surface area contributed by atoms with Crippen LogP contribution >= 0.6 is 0 Å². The molecular weight excluding hydrogens is 302 g/mol. The van der Waals surface area contributed by atoms with Gasteiger partial charge in [0.1, 0.15) is 0 Å². The summed E-state index contributed by atoms with van der Waals surface area (Å²) >= 11 is 0. The number of pyridine rings is 1. The monoisotopic (exact) mass is 325 g/mol. The van der Waals surface area contributed by atoms with Crippen LogP contribution in [-0.4, -0.2) is 31.8 Å². The van der Waals surface area contributed by atoms with Gasteiger partial charge in [-0.2, -0.15) is 10.2 Å². The van der Waals surface area contributed by atoms with Crippen LogP contribution in [0.2, 0.25) is 0 Å². The second-order valence-electron chi connectivity index (χ2n) is 6.22. The minimum absolute atomic E-state index is 0.0848. The van der Waals surface area contributed by atoms with Gasteiger partial charge in [-0.3, -0.25) is 9.48 Å². The number of nitrogens with one attached hydrogen (secondary N) is 1. The molecule has 126 valence electrons. The molecule has 0 radical (unpaired) electrons. The van der Waals surface area contributed by atoms with Gasteiger partial charge in [0, 0.05) is 25.0 Å². The zero-order chi connectivity index (χ0) is 17.3. The molecule has 0 aromatic carbocycles. The van der Waals surface area contributed by atoms with Gasteiger partial charge >= 0.3 is 0 Å². The van der Waals surface area contributed by atoms with Gasteiger partial charge in [0.25, 0.3) is 5.91 Å².